The Morgan fingerprint density at radius 3 is 2.10 bits per heavy atom. The van der Waals surface area contributed by atoms with Gasteiger partial charge in [-0.1, -0.05) is 38.5 Å². The first kappa shape index (κ1) is 39.4. The minimum atomic E-state index is -0.587. The summed E-state index contributed by atoms with van der Waals surface area (Å²) < 4.78 is 10.3. The van der Waals surface area contributed by atoms with Crippen LogP contribution in [0.4, 0.5) is 27.8 Å². The molecule has 0 aromatic carbocycles. The summed E-state index contributed by atoms with van der Waals surface area (Å²) in [7, 11) is 0. The average Bonchev–Trinajstić information content (AvgIpc) is 3.99. The van der Waals surface area contributed by atoms with Crippen LogP contribution in [0.1, 0.15) is 96.6 Å². The van der Waals surface area contributed by atoms with E-state index in [1.54, 1.807) is 54.7 Å². The zero-order chi connectivity index (χ0) is 36.9. The Labute approximate surface area is 326 Å². The van der Waals surface area contributed by atoms with Gasteiger partial charge in [0.15, 0.2) is 22.9 Å². The summed E-state index contributed by atoms with van der Waals surface area (Å²) in [6, 6.07) is 0. The third-order valence-corrected chi connectivity index (χ3v) is 8.42. The number of anilines is 4. The number of rotatable bonds is 5. The number of halogens is 2. The first-order valence-corrected chi connectivity index (χ1v) is 24.9. The van der Waals surface area contributed by atoms with Crippen molar-refractivity contribution in [3.05, 3.63) is 66.6 Å². The molecule has 6 heterocycles. The van der Waals surface area contributed by atoms with E-state index in [0.29, 0.717) is 27.7 Å². The number of hydrogen-bond donors (Lipinski definition) is 3. The molecule has 52 heavy (non-hydrogen) atoms. The van der Waals surface area contributed by atoms with E-state index in [2.05, 4.69) is 87.1 Å². The second-order valence-corrected chi connectivity index (χ2v) is 13.9. The summed E-state index contributed by atoms with van der Waals surface area (Å²) in [5.41, 5.74) is 3.24. The third kappa shape index (κ3) is 11.3. The number of aromatic nitrogens is 12. The van der Waals surface area contributed by atoms with Crippen LogP contribution < -0.4 is 10.6 Å². The second kappa shape index (κ2) is 19.3. The molecule has 6 aromatic rings. The van der Waals surface area contributed by atoms with Crippen LogP contribution in [0, 0.1) is 6.42 Å². The molecule has 0 atom stereocenters. The van der Waals surface area contributed by atoms with E-state index in [0.717, 1.165) is 27.5 Å². The molecule has 2 aliphatic rings. The van der Waals surface area contributed by atoms with Crippen molar-refractivity contribution in [2.24, 2.45) is 0 Å². The van der Waals surface area contributed by atoms with Gasteiger partial charge in [-0.15, -0.1) is 0 Å². The van der Waals surface area contributed by atoms with Crippen molar-refractivity contribution >= 4 is 70.0 Å². The second-order valence-electron chi connectivity index (χ2n) is 13.1. The summed E-state index contributed by atoms with van der Waals surface area (Å²) in [5, 5.41) is 25.4. The Hall–Kier alpha value is -3.83. The smallest absolute Gasteiger partial charge is 0.198 e. The average molecular weight is 892 g/mol. The molecule has 0 saturated heterocycles. The molecule has 6 aromatic heterocycles. The molecule has 0 amide bonds. The molecule has 0 aliphatic heterocycles. The predicted octanol–water partition coefficient (Wildman–Crippen LogP) is 8.25. The zero-order valence-corrected chi connectivity index (χ0v) is 35.7. The van der Waals surface area contributed by atoms with Crippen molar-refractivity contribution in [2.75, 3.05) is 10.6 Å². The van der Waals surface area contributed by atoms with Crippen LogP contribution >= 0.6 is 29.6 Å². The van der Waals surface area contributed by atoms with Crippen molar-refractivity contribution in [2.45, 2.75) is 96.5 Å². The molecular weight excluding hydrogens is 850 g/mol. The van der Waals surface area contributed by atoms with E-state index in [-0.39, 0.29) is 0 Å². The fourth-order valence-electron chi connectivity index (χ4n) is 5.70. The Balaban J connectivity index is 0.000000167. The maximum atomic E-state index is 12.0. The van der Waals surface area contributed by atoms with Crippen LogP contribution in [0.5, 0.6) is 0 Å². The third-order valence-electron chi connectivity index (χ3n) is 8.04. The van der Waals surface area contributed by atoms with Crippen LogP contribution in [0.3, 0.4) is 0 Å². The van der Waals surface area contributed by atoms with Gasteiger partial charge in [0.05, 0.1) is 48.1 Å². The maximum absolute atomic E-state index is 12.0. The van der Waals surface area contributed by atoms with Crippen LogP contribution in [-0.2, 0) is 21.1 Å². The summed E-state index contributed by atoms with van der Waals surface area (Å²) >= 11 is 7.56. The van der Waals surface area contributed by atoms with Crippen molar-refractivity contribution in [3.8, 4) is 0 Å². The van der Waals surface area contributed by atoms with Crippen molar-refractivity contribution in [3.63, 3.8) is 0 Å². The molecule has 0 radical (unpaired) electrons. The minimum Gasteiger partial charge on any atom is -0.334 e. The van der Waals surface area contributed by atoms with Crippen LogP contribution in [0.25, 0.3) is 11.3 Å². The summed E-state index contributed by atoms with van der Waals surface area (Å²) in [4.78, 5) is 29.5. The van der Waals surface area contributed by atoms with Crippen molar-refractivity contribution < 1.29 is 25.9 Å². The van der Waals surface area contributed by atoms with Gasteiger partial charge >= 0.3 is 36.1 Å². The monoisotopic (exact) mass is 888 g/mol. The number of ether oxygens (including phenoxy) is 1. The van der Waals surface area contributed by atoms with Gasteiger partial charge in [-0.25, -0.2) is 33.8 Å². The molecule has 0 unspecified atom stereocenters. The number of fused-ring (bicyclic) bond motifs is 2. The molecule has 2 fully saturated rings. The largest absolute Gasteiger partial charge is 0.334 e. The van der Waals surface area contributed by atoms with Crippen molar-refractivity contribution in [1.29, 1.82) is 0 Å². The van der Waals surface area contributed by atoms with Crippen molar-refractivity contribution in [1.82, 2.24) is 59.1 Å². The van der Waals surface area contributed by atoms with Gasteiger partial charge in [0.1, 0.15) is 22.9 Å². The van der Waals surface area contributed by atoms with E-state index in [1.165, 1.54) is 99.3 Å². The molecule has 16 nitrogen and oxygen atoms in total. The van der Waals surface area contributed by atoms with Gasteiger partial charge in [-0.2, -0.15) is 37.9 Å². The number of carbonyl (C=O) groups is 1. The van der Waals surface area contributed by atoms with Gasteiger partial charge in [0.25, 0.3) is 0 Å². The van der Waals surface area contributed by atoms with Crippen LogP contribution in [-0.4, -0.2) is 70.8 Å². The van der Waals surface area contributed by atoms with Gasteiger partial charge in [-0.05, 0) is 49.5 Å². The fourth-order valence-corrected chi connectivity index (χ4v) is 6.07. The summed E-state index contributed by atoms with van der Waals surface area (Å²) in [6.07, 6.45) is 28.5. The number of nitrogens with one attached hydrogen (secondary N) is 3. The molecular formula is C33H42Br2N14O2Zn. The first-order valence-electron chi connectivity index (χ1n) is 17.2. The Bertz CT molecular complexity index is 1970. The predicted molar refractivity (Wildman–Crippen MR) is 200 cm³/mol. The molecule has 8 rings (SSSR count). The molecule has 3 N–H and O–H groups in total. The SMILES string of the molecule is CC(C)(C)OC(=O)n1cc(Nc2nc(Br)cn3ncnc23)cn1.[CH-]1CCCCC1.[Zn+][Br].c1nc2c(Nc3cn[nH]c3)nc(C3CCCCC3)cn2n1. The first-order chi connectivity index (χ1) is 25.2. The number of H-pyrrole nitrogens is 1. The number of nitrogens with zero attached hydrogens (tertiary/aromatic N) is 11. The Morgan fingerprint density at radius 1 is 0.865 bits per heavy atom. The topological polar surface area (TPSA) is 183 Å². The van der Waals surface area contributed by atoms with Crippen LogP contribution in [0.15, 0.2) is 54.4 Å². The van der Waals surface area contributed by atoms with Gasteiger partial charge in [0, 0.05) is 12.1 Å². The molecule has 0 spiro atoms. The maximum Gasteiger partial charge on any atom is 0.198 e. The molecule has 272 valence electrons. The van der Waals surface area contributed by atoms with E-state index < -0.39 is 11.7 Å². The number of aromatic amines is 1. The minimum absolute atomic E-state index is 0.487. The van der Waals surface area contributed by atoms with Gasteiger partial charge in [0.2, 0.25) is 0 Å². The van der Waals surface area contributed by atoms with Gasteiger partial charge < -0.3 is 21.8 Å². The Morgan fingerprint density at radius 2 is 1.50 bits per heavy atom. The standard InChI is InChI=1S/C14H17N7.C13H14BrN7O2.C6H11.BrH.Zn/c1-2-4-10(5-3-1)12-8-21-14(15-9-18-21)13(20-12)19-11-6-16-17-7-11;1-13(2,3)23-12(22)21-5-8(4-16-21)18-10-11-15-7-17-20(11)6-9(14)19-10;1-2-4-6-5-3-1;;/h6-10H,1-5H2,(H,16,17)(H,19,20);4-7H,1-3H3,(H,18,19);1H,2-6H2;1H;/q;;-1;;+2/p-1. The van der Waals surface area contributed by atoms with Gasteiger partial charge in [-0.3, -0.25) is 5.10 Å². The van der Waals surface area contributed by atoms with Crippen LogP contribution in [0.2, 0.25) is 0 Å². The van der Waals surface area contributed by atoms with E-state index in [9.17, 15) is 4.79 Å². The normalized spacial score (nSPS) is 14.7. The quantitative estimate of drug-likeness (QED) is 0.112. The zero-order valence-electron chi connectivity index (χ0n) is 29.5. The fraction of sp³-hybridized carbons (Fsp3) is 0.455. The van der Waals surface area contributed by atoms with E-state index in [1.807, 2.05) is 6.20 Å². The van der Waals surface area contributed by atoms with E-state index >= 15 is 0 Å². The summed E-state index contributed by atoms with van der Waals surface area (Å²) in [6.45, 7) is 5.38. The molecule has 2 saturated carbocycles. The molecule has 2 aliphatic carbocycles. The number of carbonyl (C=O) groups excluding carboxylic acids is 1. The number of hydrogen-bond acceptors (Lipinski definition) is 12. The summed E-state index contributed by atoms with van der Waals surface area (Å²) in [5.74, 6) is 1.75. The van der Waals surface area contributed by atoms with E-state index in [4.69, 9.17) is 9.72 Å². The molecule has 0 bridgehead atoms. The molecule has 19 heteroatoms. The Kier molecular flexibility index (Phi) is 14.6.